The molecule has 2 heteroatoms. The Labute approximate surface area is 75.9 Å². The third-order valence-corrected chi connectivity index (χ3v) is 3.11. The molecule has 1 atom stereocenters. The Morgan fingerprint density at radius 2 is 2.55 bits per heavy atom. The lowest BCUT2D eigenvalue weighted by Crippen LogP contribution is -2.30. The monoisotopic (exact) mass is 216 g/mol. The second-order valence-electron chi connectivity index (χ2n) is 2.97. The lowest BCUT2D eigenvalue weighted by molar-refractivity contribution is 0.0747. The first-order chi connectivity index (χ1) is 5.19. The first-order valence-electron chi connectivity index (χ1n) is 3.88. The number of halogens is 1. The molecule has 0 bridgehead atoms. The van der Waals surface area contributed by atoms with Crippen molar-refractivity contribution in [2.24, 2.45) is 0 Å². The Bertz CT molecular complexity index is 186. The Hall–Kier alpha value is -0.0800. The van der Waals surface area contributed by atoms with Crippen molar-refractivity contribution in [1.29, 1.82) is 0 Å². The standard InChI is InChI=1S/C9H13BrO/c1-2-6-9(11)7-4-3-5-8(9)10/h2,5,11H,1,3-4,6-7H2. The van der Waals surface area contributed by atoms with E-state index in [1.807, 2.05) is 6.08 Å². The van der Waals surface area contributed by atoms with Crippen molar-refractivity contribution in [3.63, 3.8) is 0 Å². The zero-order valence-electron chi connectivity index (χ0n) is 6.52. The highest BCUT2D eigenvalue weighted by Crippen LogP contribution is 2.35. The highest BCUT2D eigenvalue weighted by molar-refractivity contribution is 9.11. The Balaban J connectivity index is 2.73. The van der Waals surface area contributed by atoms with Crippen LogP contribution in [0.2, 0.25) is 0 Å². The van der Waals surface area contributed by atoms with Crippen molar-refractivity contribution in [2.75, 3.05) is 0 Å². The fraction of sp³-hybridized carbons (Fsp3) is 0.556. The van der Waals surface area contributed by atoms with Crippen molar-refractivity contribution >= 4 is 15.9 Å². The third kappa shape index (κ3) is 1.94. The number of aliphatic hydroxyl groups is 1. The largest absolute Gasteiger partial charge is 0.384 e. The maximum absolute atomic E-state index is 9.95. The minimum Gasteiger partial charge on any atom is -0.384 e. The predicted octanol–water partition coefficient (Wildman–Crippen LogP) is 2.76. The van der Waals surface area contributed by atoms with Gasteiger partial charge in [-0.1, -0.05) is 28.1 Å². The molecule has 0 aromatic carbocycles. The normalized spacial score (nSPS) is 31.3. The lowest BCUT2D eigenvalue weighted by atomic mass is 9.88. The van der Waals surface area contributed by atoms with Crippen LogP contribution in [0.1, 0.15) is 25.7 Å². The number of rotatable bonds is 2. The van der Waals surface area contributed by atoms with E-state index >= 15 is 0 Å². The summed E-state index contributed by atoms with van der Waals surface area (Å²) in [7, 11) is 0. The van der Waals surface area contributed by atoms with Crippen LogP contribution in [0.25, 0.3) is 0 Å². The van der Waals surface area contributed by atoms with Gasteiger partial charge < -0.3 is 5.11 Å². The van der Waals surface area contributed by atoms with E-state index in [9.17, 15) is 5.11 Å². The summed E-state index contributed by atoms with van der Waals surface area (Å²) in [6.07, 6.45) is 7.44. The van der Waals surface area contributed by atoms with Crippen LogP contribution in [0.4, 0.5) is 0 Å². The molecule has 0 amide bonds. The Morgan fingerprint density at radius 1 is 1.82 bits per heavy atom. The van der Waals surface area contributed by atoms with Crippen LogP contribution in [0.3, 0.4) is 0 Å². The maximum atomic E-state index is 9.95. The first-order valence-corrected chi connectivity index (χ1v) is 4.68. The SMILES string of the molecule is C=CCC1(O)CCCC=C1Br. The first kappa shape index (κ1) is 9.01. The average Bonchev–Trinajstić information content (AvgIpc) is 1.96. The Kier molecular flexibility index (Phi) is 2.90. The zero-order valence-corrected chi connectivity index (χ0v) is 8.10. The van der Waals surface area contributed by atoms with Crippen molar-refractivity contribution < 1.29 is 5.11 Å². The molecular formula is C9H13BrO. The average molecular weight is 217 g/mol. The van der Waals surface area contributed by atoms with Gasteiger partial charge in [0.2, 0.25) is 0 Å². The molecular weight excluding hydrogens is 204 g/mol. The summed E-state index contributed by atoms with van der Waals surface area (Å²) in [4.78, 5) is 0. The highest BCUT2D eigenvalue weighted by Gasteiger charge is 2.30. The lowest BCUT2D eigenvalue weighted by Gasteiger charge is -2.29. The van der Waals surface area contributed by atoms with E-state index in [4.69, 9.17) is 0 Å². The molecule has 1 N–H and O–H groups in total. The molecule has 1 nitrogen and oxygen atoms in total. The smallest absolute Gasteiger partial charge is 0.0991 e. The predicted molar refractivity (Wildman–Crippen MR) is 50.6 cm³/mol. The molecule has 1 unspecified atom stereocenters. The highest BCUT2D eigenvalue weighted by atomic mass is 79.9. The van der Waals surface area contributed by atoms with E-state index in [1.165, 1.54) is 0 Å². The van der Waals surface area contributed by atoms with Crippen LogP contribution in [0.5, 0.6) is 0 Å². The van der Waals surface area contributed by atoms with Gasteiger partial charge in [0.1, 0.15) is 0 Å². The summed E-state index contributed by atoms with van der Waals surface area (Å²) in [5.41, 5.74) is -0.653. The molecule has 0 aromatic rings. The van der Waals surface area contributed by atoms with Gasteiger partial charge in [0.25, 0.3) is 0 Å². The quantitative estimate of drug-likeness (QED) is 0.705. The van der Waals surface area contributed by atoms with Crippen LogP contribution in [-0.4, -0.2) is 10.7 Å². The molecule has 0 aliphatic heterocycles. The molecule has 0 aromatic heterocycles. The topological polar surface area (TPSA) is 20.2 Å². The van der Waals surface area contributed by atoms with E-state index in [0.717, 1.165) is 23.7 Å². The molecule has 1 aliphatic rings. The van der Waals surface area contributed by atoms with Gasteiger partial charge in [-0.2, -0.15) is 0 Å². The van der Waals surface area contributed by atoms with Crippen LogP contribution >= 0.6 is 15.9 Å². The van der Waals surface area contributed by atoms with Gasteiger partial charge in [0.15, 0.2) is 0 Å². The van der Waals surface area contributed by atoms with Gasteiger partial charge in [0, 0.05) is 4.48 Å². The van der Waals surface area contributed by atoms with E-state index in [1.54, 1.807) is 6.08 Å². The van der Waals surface area contributed by atoms with Gasteiger partial charge in [-0.25, -0.2) is 0 Å². The van der Waals surface area contributed by atoms with Crippen molar-refractivity contribution in [1.82, 2.24) is 0 Å². The molecule has 0 radical (unpaired) electrons. The van der Waals surface area contributed by atoms with Gasteiger partial charge in [-0.05, 0) is 25.7 Å². The third-order valence-electron chi connectivity index (χ3n) is 2.04. The molecule has 62 valence electrons. The van der Waals surface area contributed by atoms with Gasteiger partial charge in [-0.15, -0.1) is 6.58 Å². The molecule has 0 fully saturated rings. The van der Waals surface area contributed by atoms with Crippen LogP contribution < -0.4 is 0 Å². The second-order valence-corrected chi connectivity index (χ2v) is 3.82. The molecule has 1 aliphatic carbocycles. The zero-order chi connectivity index (χ0) is 8.32. The van der Waals surface area contributed by atoms with E-state index < -0.39 is 5.60 Å². The van der Waals surface area contributed by atoms with E-state index in [2.05, 4.69) is 22.5 Å². The van der Waals surface area contributed by atoms with E-state index in [0.29, 0.717) is 6.42 Å². The van der Waals surface area contributed by atoms with Gasteiger partial charge in [-0.3, -0.25) is 0 Å². The van der Waals surface area contributed by atoms with Gasteiger partial charge >= 0.3 is 0 Å². The maximum Gasteiger partial charge on any atom is 0.0991 e. The minimum atomic E-state index is -0.653. The molecule has 0 heterocycles. The summed E-state index contributed by atoms with van der Waals surface area (Å²) in [6, 6.07) is 0. The number of hydrogen-bond donors (Lipinski definition) is 1. The summed E-state index contributed by atoms with van der Waals surface area (Å²) in [5, 5.41) is 9.95. The summed E-state index contributed by atoms with van der Waals surface area (Å²) in [6.45, 7) is 3.63. The Morgan fingerprint density at radius 3 is 3.09 bits per heavy atom. The molecule has 11 heavy (non-hydrogen) atoms. The molecule has 0 saturated carbocycles. The number of hydrogen-bond acceptors (Lipinski definition) is 1. The van der Waals surface area contributed by atoms with Crippen molar-refractivity contribution in [3.05, 3.63) is 23.2 Å². The van der Waals surface area contributed by atoms with Crippen LogP contribution in [0.15, 0.2) is 23.2 Å². The minimum absolute atomic E-state index is 0.643. The molecule has 1 rings (SSSR count). The summed E-state index contributed by atoms with van der Waals surface area (Å²) >= 11 is 3.38. The van der Waals surface area contributed by atoms with Gasteiger partial charge in [0.05, 0.1) is 5.60 Å². The fourth-order valence-corrected chi connectivity index (χ4v) is 1.96. The van der Waals surface area contributed by atoms with Crippen LogP contribution in [0, 0.1) is 0 Å². The summed E-state index contributed by atoms with van der Waals surface area (Å²) < 4.78 is 0.927. The van der Waals surface area contributed by atoms with Crippen LogP contribution in [-0.2, 0) is 0 Å². The van der Waals surface area contributed by atoms with E-state index in [-0.39, 0.29) is 0 Å². The number of allylic oxidation sites excluding steroid dienone is 1. The fourth-order valence-electron chi connectivity index (χ4n) is 1.37. The second kappa shape index (κ2) is 3.55. The summed E-state index contributed by atoms with van der Waals surface area (Å²) in [5.74, 6) is 0. The van der Waals surface area contributed by atoms with Crippen molar-refractivity contribution in [3.8, 4) is 0 Å². The molecule has 0 saturated heterocycles. The molecule has 0 spiro atoms. The van der Waals surface area contributed by atoms with Crippen molar-refractivity contribution in [2.45, 2.75) is 31.3 Å².